The highest BCUT2D eigenvalue weighted by molar-refractivity contribution is 6.06. The Labute approximate surface area is 265 Å². The Kier molecular flexibility index (Phi) is 11.3. The van der Waals surface area contributed by atoms with E-state index in [1.165, 1.54) is 12.4 Å². The molecule has 1 fully saturated rings. The zero-order valence-electron chi connectivity index (χ0n) is 25.1. The van der Waals surface area contributed by atoms with Gasteiger partial charge in [-0.2, -0.15) is 26.3 Å². The Morgan fingerprint density at radius 2 is 1.83 bits per heavy atom. The molecule has 17 heteroatoms. The molecule has 5 N–H and O–H groups in total. The van der Waals surface area contributed by atoms with Crippen LogP contribution >= 0.6 is 0 Å². The number of nitrogens with one attached hydrogen (secondary N) is 3. The van der Waals surface area contributed by atoms with Crippen molar-refractivity contribution in [3.8, 4) is 5.75 Å². The number of nitrogens with two attached hydrogens (primary N) is 1. The van der Waals surface area contributed by atoms with Crippen molar-refractivity contribution in [2.24, 2.45) is 10.7 Å². The van der Waals surface area contributed by atoms with Crippen molar-refractivity contribution >= 4 is 34.8 Å². The van der Waals surface area contributed by atoms with Crippen molar-refractivity contribution in [3.63, 3.8) is 0 Å². The van der Waals surface area contributed by atoms with Crippen LogP contribution in [0.5, 0.6) is 5.75 Å². The van der Waals surface area contributed by atoms with E-state index in [0.29, 0.717) is 31.9 Å². The number of hydrogen-bond donors (Lipinski definition) is 4. The standard InChI is InChI=1S/C30H32F6N8O3/c1-3-38-23-17-40-28(39-9-4-10-44-11-13-47-14-12-44)43-25(23)26(37)42-22-15-18(5-7-20(22)29(31,32)33)27(45)41-19-6-8-24(46-2)21(16-19)30(34,35)36/h3,5-8,15-17,38H,1,4,9-14H2,2H3,(H2,37,42)(H,41,45)(H,39,40,43). The van der Waals surface area contributed by atoms with Gasteiger partial charge in [0.15, 0.2) is 5.84 Å². The predicted octanol–water partition coefficient (Wildman–Crippen LogP) is 5.50. The number of hydrogen-bond acceptors (Lipinski definition) is 9. The smallest absolute Gasteiger partial charge is 0.420 e. The number of carbonyl (C=O) groups excluding carboxylic acids is 1. The third-order valence-electron chi connectivity index (χ3n) is 6.90. The lowest BCUT2D eigenvalue weighted by Crippen LogP contribution is -2.37. The number of carbonyl (C=O) groups is 1. The first-order valence-electron chi connectivity index (χ1n) is 14.2. The highest BCUT2D eigenvalue weighted by Gasteiger charge is 2.36. The number of aliphatic imine (C=N–C) groups is 1. The number of halogens is 6. The summed E-state index contributed by atoms with van der Waals surface area (Å²) in [5.74, 6) is -1.76. The molecule has 3 aromatic rings. The fourth-order valence-electron chi connectivity index (χ4n) is 4.60. The molecule has 1 saturated heterocycles. The van der Waals surface area contributed by atoms with Gasteiger partial charge in [0, 0.05) is 30.9 Å². The lowest BCUT2D eigenvalue weighted by Gasteiger charge is -2.26. The average molecular weight is 667 g/mol. The van der Waals surface area contributed by atoms with Gasteiger partial charge in [-0.15, -0.1) is 0 Å². The van der Waals surface area contributed by atoms with Crippen LogP contribution < -0.4 is 26.4 Å². The van der Waals surface area contributed by atoms with E-state index in [2.05, 4.69) is 42.4 Å². The maximum atomic E-state index is 14.0. The van der Waals surface area contributed by atoms with Gasteiger partial charge < -0.3 is 31.2 Å². The van der Waals surface area contributed by atoms with E-state index in [1.807, 2.05) is 0 Å². The number of amides is 1. The molecule has 2 heterocycles. The van der Waals surface area contributed by atoms with Gasteiger partial charge in [-0.1, -0.05) is 6.58 Å². The van der Waals surface area contributed by atoms with E-state index < -0.39 is 46.7 Å². The van der Waals surface area contributed by atoms with Crippen LogP contribution in [-0.4, -0.2) is 73.1 Å². The van der Waals surface area contributed by atoms with Crippen molar-refractivity contribution in [1.29, 1.82) is 0 Å². The van der Waals surface area contributed by atoms with E-state index >= 15 is 0 Å². The molecule has 2 aromatic carbocycles. The SMILES string of the molecule is C=CNc1cnc(NCCCN2CCOCC2)nc1C(N)=Nc1cc(C(=O)Nc2ccc(OC)c(C(F)(F)F)c2)ccc1C(F)(F)F. The highest BCUT2D eigenvalue weighted by Crippen LogP contribution is 2.39. The summed E-state index contributed by atoms with van der Waals surface area (Å²) in [6.07, 6.45) is -6.28. The Morgan fingerprint density at radius 3 is 2.49 bits per heavy atom. The summed E-state index contributed by atoms with van der Waals surface area (Å²) in [6, 6.07) is 5.13. The van der Waals surface area contributed by atoms with Gasteiger partial charge in [-0.05, 0) is 55.6 Å². The van der Waals surface area contributed by atoms with Crippen molar-refractivity contribution < 1.29 is 40.6 Å². The highest BCUT2D eigenvalue weighted by atomic mass is 19.4. The number of ether oxygens (including phenoxy) is 2. The van der Waals surface area contributed by atoms with E-state index in [9.17, 15) is 31.1 Å². The van der Waals surface area contributed by atoms with Crippen LogP contribution in [0.1, 0.15) is 33.6 Å². The summed E-state index contributed by atoms with van der Waals surface area (Å²) < 4.78 is 92.3. The molecule has 0 spiro atoms. The summed E-state index contributed by atoms with van der Waals surface area (Å²) in [6.45, 7) is 7.89. The molecule has 11 nitrogen and oxygen atoms in total. The number of rotatable bonds is 12. The maximum Gasteiger partial charge on any atom is 0.420 e. The molecule has 1 amide bonds. The number of nitrogens with zero attached hydrogens (tertiary/aromatic N) is 4. The third kappa shape index (κ3) is 9.32. The topological polar surface area (TPSA) is 139 Å². The normalized spacial score (nSPS) is 14.4. The van der Waals surface area contributed by atoms with Crippen molar-refractivity contribution in [1.82, 2.24) is 14.9 Å². The number of alkyl halides is 6. The van der Waals surface area contributed by atoms with E-state index in [-0.39, 0.29) is 28.6 Å². The van der Waals surface area contributed by atoms with Gasteiger partial charge in [-0.25, -0.2) is 15.0 Å². The van der Waals surface area contributed by atoms with Crippen LogP contribution in [-0.2, 0) is 17.1 Å². The number of benzene rings is 2. The Hall–Kier alpha value is -4.90. The van der Waals surface area contributed by atoms with Gasteiger partial charge in [-0.3, -0.25) is 9.69 Å². The summed E-state index contributed by atoms with van der Waals surface area (Å²) >= 11 is 0. The molecular formula is C30H32F6N8O3. The molecule has 47 heavy (non-hydrogen) atoms. The van der Waals surface area contributed by atoms with E-state index in [0.717, 1.165) is 57.4 Å². The first-order chi connectivity index (χ1) is 22.3. The molecule has 0 aliphatic carbocycles. The summed E-state index contributed by atoms with van der Waals surface area (Å²) in [7, 11) is 1.06. The molecule has 252 valence electrons. The first-order valence-corrected chi connectivity index (χ1v) is 14.2. The molecule has 0 bridgehead atoms. The number of morpholine rings is 1. The minimum Gasteiger partial charge on any atom is -0.496 e. The molecule has 1 aromatic heterocycles. The molecular weight excluding hydrogens is 634 g/mol. The molecule has 4 rings (SSSR count). The van der Waals surface area contributed by atoms with Gasteiger partial charge in [0.25, 0.3) is 5.91 Å². The zero-order valence-corrected chi connectivity index (χ0v) is 25.1. The average Bonchev–Trinajstić information content (AvgIpc) is 3.03. The summed E-state index contributed by atoms with van der Waals surface area (Å²) in [4.78, 5) is 27.7. The molecule has 0 radical (unpaired) electrons. The fourth-order valence-corrected chi connectivity index (χ4v) is 4.60. The quantitative estimate of drug-likeness (QED) is 0.0854. The van der Waals surface area contributed by atoms with Crippen LogP contribution in [0.2, 0.25) is 0 Å². The fraction of sp³-hybridized carbons (Fsp3) is 0.333. The van der Waals surface area contributed by atoms with E-state index in [4.69, 9.17) is 15.2 Å². The molecule has 1 aliphatic rings. The first kappa shape index (κ1) is 35.0. The lowest BCUT2D eigenvalue weighted by molar-refractivity contribution is -0.139. The molecule has 1 aliphatic heterocycles. The second-order valence-electron chi connectivity index (χ2n) is 10.1. The number of amidine groups is 1. The minimum atomic E-state index is -4.90. The van der Waals surface area contributed by atoms with Gasteiger partial charge in [0.05, 0.1) is 49.0 Å². The van der Waals surface area contributed by atoms with Crippen molar-refractivity contribution in [2.75, 3.05) is 62.5 Å². The number of anilines is 3. The molecule has 0 unspecified atom stereocenters. The summed E-state index contributed by atoms with van der Waals surface area (Å²) in [5.41, 5.74) is 2.65. The maximum absolute atomic E-state index is 14.0. The zero-order chi connectivity index (χ0) is 34.2. The van der Waals surface area contributed by atoms with Crippen LogP contribution in [0, 0.1) is 0 Å². The number of methoxy groups -OCH3 is 1. The lowest BCUT2D eigenvalue weighted by atomic mass is 10.1. The van der Waals surface area contributed by atoms with Gasteiger partial charge in [0.2, 0.25) is 5.95 Å². The Morgan fingerprint density at radius 1 is 1.11 bits per heavy atom. The predicted molar refractivity (Wildman–Crippen MR) is 164 cm³/mol. The summed E-state index contributed by atoms with van der Waals surface area (Å²) in [5, 5.41) is 8.08. The minimum absolute atomic E-state index is 0.0449. The second kappa shape index (κ2) is 15.1. The third-order valence-corrected chi connectivity index (χ3v) is 6.90. The molecule has 0 atom stereocenters. The van der Waals surface area contributed by atoms with Crippen LogP contribution in [0.15, 0.2) is 60.4 Å². The second-order valence-corrected chi connectivity index (χ2v) is 10.1. The monoisotopic (exact) mass is 666 g/mol. The van der Waals surface area contributed by atoms with Crippen LogP contribution in [0.25, 0.3) is 0 Å². The Balaban J connectivity index is 1.60. The van der Waals surface area contributed by atoms with Gasteiger partial charge >= 0.3 is 12.4 Å². The Bertz CT molecular complexity index is 1610. The number of aromatic nitrogens is 2. The molecule has 0 saturated carbocycles. The van der Waals surface area contributed by atoms with Crippen molar-refractivity contribution in [2.45, 2.75) is 18.8 Å². The largest absolute Gasteiger partial charge is 0.496 e. The van der Waals surface area contributed by atoms with Crippen LogP contribution in [0.4, 0.5) is 49.4 Å². The van der Waals surface area contributed by atoms with E-state index in [1.54, 1.807) is 0 Å². The van der Waals surface area contributed by atoms with Crippen molar-refractivity contribution in [3.05, 3.63) is 77.8 Å². The van der Waals surface area contributed by atoms with Crippen LogP contribution in [0.3, 0.4) is 0 Å². The van der Waals surface area contributed by atoms with Gasteiger partial charge in [0.1, 0.15) is 11.4 Å².